The largest absolute Gasteiger partial charge is 0.467 e. The number of carbonyl (C=O) groups is 3. The molecule has 2 N–H and O–H groups in total. The summed E-state index contributed by atoms with van der Waals surface area (Å²) in [5, 5.41) is 16.7. The van der Waals surface area contributed by atoms with Crippen molar-refractivity contribution in [2.24, 2.45) is 0 Å². The summed E-state index contributed by atoms with van der Waals surface area (Å²) < 4.78 is 15.9. The fourth-order valence-corrected chi connectivity index (χ4v) is 3.48. The Kier molecular flexibility index (Phi) is 7.58. The van der Waals surface area contributed by atoms with E-state index in [4.69, 9.17) is 14.2 Å². The van der Waals surface area contributed by atoms with Gasteiger partial charge in [-0.05, 0) is 50.1 Å². The van der Waals surface area contributed by atoms with Crippen LogP contribution in [0.15, 0.2) is 42.5 Å². The molecule has 2 aromatic carbocycles. The molecule has 0 fully saturated rings. The highest BCUT2D eigenvalue weighted by molar-refractivity contribution is 5.90. The number of esters is 1. The first-order valence-electron chi connectivity index (χ1n) is 10.9. The van der Waals surface area contributed by atoms with Gasteiger partial charge >= 0.3 is 17.7 Å². The third-order valence-corrected chi connectivity index (χ3v) is 5.06. The zero-order valence-corrected chi connectivity index (χ0v) is 19.8. The average Bonchev–Trinajstić information content (AvgIpc) is 2.77. The number of benzene rings is 2. The van der Waals surface area contributed by atoms with Gasteiger partial charge in [0.2, 0.25) is 11.7 Å². The van der Waals surface area contributed by atoms with Gasteiger partial charge in [0.15, 0.2) is 0 Å². The van der Waals surface area contributed by atoms with E-state index in [0.717, 1.165) is 0 Å². The molecule has 0 aliphatic carbocycles. The molecule has 2 atom stereocenters. The molecule has 35 heavy (non-hydrogen) atoms. The lowest BCUT2D eigenvalue weighted by Crippen LogP contribution is -2.53. The quantitative estimate of drug-likeness (QED) is 0.383. The molecule has 2 aliphatic rings. The normalized spacial score (nSPS) is 17.9. The summed E-state index contributed by atoms with van der Waals surface area (Å²) in [6.07, 6.45) is -0.720. The molecule has 0 aromatic heterocycles. The van der Waals surface area contributed by atoms with Gasteiger partial charge in [0.1, 0.15) is 23.4 Å². The van der Waals surface area contributed by atoms with Crippen LogP contribution in [-0.4, -0.2) is 47.7 Å². The first kappa shape index (κ1) is 25.5. The summed E-state index contributed by atoms with van der Waals surface area (Å²) in [6.45, 7) is 5.10. The number of carbonyl (C=O) groups excluding carboxylic acids is 3. The van der Waals surface area contributed by atoms with Crippen LogP contribution in [0.4, 0.5) is 10.5 Å². The van der Waals surface area contributed by atoms with Crippen LogP contribution in [0.5, 0.6) is 11.5 Å². The van der Waals surface area contributed by atoms with E-state index in [1.54, 1.807) is 45.0 Å². The van der Waals surface area contributed by atoms with Crippen LogP contribution in [0.2, 0.25) is 0 Å². The van der Waals surface area contributed by atoms with Gasteiger partial charge < -0.3 is 24.8 Å². The van der Waals surface area contributed by atoms with E-state index in [0.29, 0.717) is 16.9 Å². The molecular weight excluding hydrogens is 458 g/mol. The lowest BCUT2D eigenvalue weighted by Gasteiger charge is -2.25. The fourth-order valence-electron chi connectivity index (χ4n) is 3.48. The van der Waals surface area contributed by atoms with Crippen molar-refractivity contribution in [1.29, 1.82) is 0 Å². The number of nitro benzene ring substituents is 1. The summed E-state index contributed by atoms with van der Waals surface area (Å²) in [6, 6.07) is 8.57. The summed E-state index contributed by atoms with van der Waals surface area (Å²) in [7, 11) is 1.18. The topological polar surface area (TPSA) is 146 Å². The van der Waals surface area contributed by atoms with E-state index in [9.17, 15) is 24.5 Å². The lowest BCUT2D eigenvalue weighted by molar-refractivity contribution is -0.385. The van der Waals surface area contributed by atoms with Crippen molar-refractivity contribution in [3.8, 4) is 11.5 Å². The summed E-state index contributed by atoms with van der Waals surface area (Å²) in [4.78, 5) is 48.9. The van der Waals surface area contributed by atoms with Gasteiger partial charge in [-0.2, -0.15) is 0 Å². The molecule has 186 valence electrons. The minimum Gasteiger partial charge on any atom is -0.467 e. The molecule has 2 aliphatic heterocycles. The predicted octanol–water partition coefficient (Wildman–Crippen LogP) is 3.04. The number of amides is 2. The number of fused-ring (bicyclic) bond motifs is 7. The predicted molar refractivity (Wildman–Crippen MR) is 124 cm³/mol. The third-order valence-electron chi connectivity index (χ3n) is 5.06. The Morgan fingerprint density at radius 3 is 2.37 bits per heavy atom. The van der Waals surface area contributed by atoms with Crippen molar-refractivity contribution in [3.05, 3.63) is 63.7 Å². The van der Waals surface area contributed by atoms with Crippen molar-refractivity contribution < 1.29 is 33.5 Å². The number of alkyl carbamates (subject to hydrolysis) is 1. The number of hydrogen-bond acceptors (Lipinski definition) is 8. The van der Waals surface area contributed by atoms with E-state index < -0.39 is 40.6 Å². The molecule has 0 unspecified atom stereocenters. The zero-order valence-electron chi connectivity index (χ0n) is 19.8. The van der Waals surface area contributed by atoms with E-state index in [2.05, 4.69) is 10.6 Å². The van der Waals surface area contributed by atoms with Gasteiger partial charge in [0.05, 0.1) is 12.0 Å². The van der Waals surface area contributed by atoms with Crippen molar-refractivity contribution in [3.63, 3.8) is 0 Å². The SMILES string of the molecule is COC(=O)[C@H]1Cc2ccc([N+](=O)[O-])c(c2)Oc2ccc(cc2)C[C@H](NC(=O)OC(C)(C)C)C(=O)N1. The number of rotatable bonds is 3. The van der Waals surface area contributed by atoms with E-state index in [-0.39, 0.29) is 24.3 Å². The highest BCUT2D eigenvalue weighted by Crippen LogP contribution is 2.33. The van der Waals surface area contributed by atoms with Crippen molar-refractivity contribution in [2.75, 3.05) is 7.11 Å². The van der Waals surface area contributed by atoms with E-state index in [1.807, 2.05) is 0 Å². The van der Waals surface area contributed by atoms with Crippen LogP contribution in [0.25, 0.3) is 0 Å². The molecule has 0 saturated carbocycles. The summed E-state index contributed by atoms with van der Waals surface area (Å²) in [5.41, 5.74) is 0.142. The first-order valence-corrected chi connectivity index (χ1v) is 10.9. The second-order valence-corrected chi connectivity index (χ2v) is 9.00. The number of hydrogen-bond donors (Lipinski definition) is 2. The first-order chi connectivity index (χ1) is 16.4. The molecule has 11 heteroatoms. The Morgan fingerprint density at radius 1 is 1.11 bits per heavy atom. The van der Waals surface area contributed by atoms with Crippen LogP contribution in [-0.2, 0) is 31.9 Å². The summed E-state index contributed by atoms with van der Waals surface area (Å²) in [5.74, 6) is -0.996. The van der Waals surface area contributed by atoms with E-state index in [1.165, 1.54) is 25.3 Å². The Labute approximate surface area is 201 Å². The number of nitro groups is 1. The van der Waals surface area contributed by atoms with Crippen molar-refractivity contribution in [1.82, 2.24) is 10.6 Å². The van der Waals surface area contributed by atoms with Crippen LogP contribution in [0.3, 0.4) is 0 Å². The monoisotopic (exact) mass is 485 g/mol. The molecule has 4 bridgehead atoms. The van der Waals surface area contributed by atoms with Crippen LogP contribution in [0, 0.1) is 10.1 Å². The molecule has 0 spiro atoms. The van der Waals surface area contributed by atoms with Gasteiger partial charge in [0.25, 0.3) is 0 Å². The Bertz CT molecular complexity index is 1120. The second kappa shape index (κ2) is 10.4. The van der Waals surface area contributed by atoms with Crippen LogP contribution < -0.4 is 15.4 Å². The van der Waals surface area contributed by atoms with Crippen LogP contribution in [0.1, 0.15) is 31.9 Å². The Morgan fingerprint density at radius 2 is 1.77 bits per heavy atom. The maximum absolute atomic E-state index is 13.2. The molecule has 0 radical (unpaired) electrons. The highest BCUT2D eigenvalue weighted by Gasteiger charge is 2.30. The van der Waals surface area contributed by atoms with Gasteiger partial charge in [0, 0.05) is 18.9 Å². The van der Waals surface area contributed by atoms with Gasteiger partial charge in [-0.3, -0.25) is 14.9 Å². The zero-order chi connectivity index (χ0) is 25.8. The van der Waals surface area contributed by atoms with Crippen LogP contribution >= 0.6 is 0 Å². The minimum absolute atomic E-state index is 0.00304. The highest BCUT2D eigenvalue weighted by atomic mass is 16.6. The fraction of sp³-hybridized carbons (Fsp3) is 0.375. The molecular formula is C24H27N3O8. The number of ether oxygens (including phenoxy) is 3. The Balaban J connectivity index is 2.01. The third kappa shape index (κ3) is 6.92. The number of methoxy groups -OCH3 is 1. The second-order valence-electron chi connectivity index (χ2n) is 9.00. The number of nitrogens with zero attached hydrogens (tertiary/aromatic N) is 1. The Hall–Kier alpha value is -4.15. The van der Waals surface area contributed by atoms with Crippen molar-refractivity contribution in [2.45, 2.75) is 51.3 Å². The van der Waals surface area contributed by atoms with E-state index >= 15 is 0 Å². The molecule has 2 heterocycles. The molecule has 2 aromatic rings. The van der Waals surface area contributed by atoms with Gasteiger partial charge in [-0.1, -0.05) is 18.2 Å². The molecule has 11 nitrogen and oxygen atoms in total. The standard InChI is InChI=1S/C24H27N3O8/c1-24(2,3)35-23(30)26-17-11-14-5-8-16(9-6-14)34-20-13-15(7-10-19(20)27(31)32)12-18(22(29)33-4)25-21(17)28/h5-10,13,17-18H,11-12H2,1-4H3,(H,25,28)(H,26,30)/t17-,18+/m0/s1. The smallest absolute Gasteiger partial charge is 0.408 e. The average molecular weight is 485 g/mol. The lowest BCUT2D eigenvalue weighted by atomic mass is 10.0. The van der Waals surface area contributed by atoms with Crippen molar-refractivity contribution >= 4 is 23.7 Å². The molecule has 4 rings (SSSR count). The minimum atomic E-state index is -1.12. The molecule has 2 amide bonds. The maximum Gasteiger partial charge on any atom is 0.408 e. The maximum atomic E-state index is 13.2. The number of nitrogens with one attached hydrogen (secondary N) is 2. The molecule has 0 saturated heterocycles. The van der Waals surface area contributed by atoms with Gasteiger partial charge in [-0.15, -0.1) is 0 Å². The van der Waals surface area contributed by atoms with Gasteiger partial charge in [-0.25, -0.2) is 9.59 Å². The summed E-state index contributed by atoms with van der Waals surface area (Å²) >= 11 is 0.